The fourth-order valence-corrected chi connectivity index (χ4v) is 4.35. The van der Waals surface area contributed by atoms with Crippen LogP contribution in [0.25, 0.3) is 0 Å². The van der Waals surface area contributed by atoms with Crippen LogP contribution in [0.4, 0.5) is 0 Å². The average Bonchev–Trinajstić information content (AvgIpc) is 2.92. The highest BCUT2D eigenvalue weighted by molar-refractivity contribution is 6.32. The van der Waals surface area contributed by atoms with E-state index in [0.29, 0.717) is 5.92 Å². The number of benzene rings is 1. The molecule has 116 valence electrons. The summed E-state index contributed by atoms with van der Waals surface area (Å²) in [5.74, 6) is 6.38. The normalized spacial score (nSPS) is 26.1. The topological polar surface area (TPSA) is 47.3 Å². The first-order valence-corrected chi connectivity index (χ1v) is 8.38. The lowest BCUT2D eigenvalue weighted by Crippen LogP contribution is -2.43. The summed E-state index contributed by atoms with van der Waals surface area (Å²) in [4.78, 5) is 0. The van der Waals surface area contributed by atoms with Crippen molar-refractivity contribution in [3.63, 3.8) is 0 Å². The summed E-state index contributed by atoms with van der Waals surface area (Å²) in [6.45, 7) is 2.88. The molecule has 21 heavy (non-hydrogen) atoms. The number of halogens is 1. The van der Waals surface area contributed by atoms with Gasteiger partial charge in [0.2, 0.25) is 0 Å². The molecular formula is C17H25ClN2O. The fourth-order valence-electron chi connectivity index (χ4n) is 4.11. The Kier molecular flexibility index (Phi) is 4.55. The second kappa shape index (κ2) is 6.25. The van der Waals surface area contributed by atoms with Crippen LogP contribution in [0.1, 0.15) is 55.7 Å². The van der Waals surface area contributed by atoms with Gasteiger partial charge in [0.05, 0.1) is 11.6 Å². The Morgan fingerprint density at radius 3 is 2.86 bits per heavy atom. The minimum atomic E-state index is 0.105. The van der Waals surface area contributed by atoms with E-state index in [1.807, 2.05) is 13.0 Å². The molecule has 3 nitrogen and oxygen atoms in total. The van der Waals surface area contributed by atoms with Gasteiger partial charge < -0.3 is 4.74 Å². The predicted octanol–water partition coefficient (Wildman–Crippen LogP) is 3.89. The lowest BCUT2D eigenvalue weighted by molar-refractivity contribution is -0.0982. The van der Waals surface area contributed by atoms with Crippen LogP contribution in [-0.4, -0.2) is 12.2 Å². The van der Waals surface area contributed by atoms with Crippen molar-refractivity contribution < 1.29 is 4.74 Å². The third-order valence-electron chi connectivity index (χ3n) is 5.25. The van der Waals surface area contributed by atoms with E-state index in [1.165, 1.54) is 25.7 Å². The Morgan fingerprint density at radius 1 is 1.38 bits per heavy atom. The molecule has 1 aromatic carbocycles. The molecular weight excluding hydrogens is 284 g/mol. The highest BCUT2D eigenvalue weighted by Gasteiger charge is 2.42. The van der Waals surface area contributed by atoms with Crippen molar-refractivity contribution in [3.05, 3.63) is 34.3 Å². The fraction of sp³-hybridized carbons (Fsp3) is 0.647. The number of ether oxygens (including phenoxy) is 1. The van der Waals surface area contributed by atoms with Gasteiger partial charge in [0, 0.05) is 11.6 Å². The minimum absolute atomic E-state index is 0.105. The summed E-state index contributed by atoms with van der Waals surface area (Å²) >= 11 is 6.51. The number of hydrogen-bond acceptors (Lipinski definition) is 3. The van der Waals surface area contributed by atoms with Crippen LogP contribution in [0.2, 0.25) is 5.02 Å². The molecule has 0 aromatic heterocycles. The van der Waals surface area contributed by atoms with Gasteiger partial charge in [-0.25, -0.2) is 0 Å². The largest absolute Gasteiger partial charge is 0.375 e. The number of nitrogens with two attached hydrogens (primary N) is 1. The van der Waals surface area contributed by atoms with E-state index in [2.05, 4.69) is 17.6 Å². The summed E-state index contributed by atoms with van der Waals surface area (Å²) < 4.78 is 6.14. The van der Waals surface area contributed by atoms with Gasteiger partial charge in [0.15, 0.2) is 0 Å². The van der Waals surface area contributed by atoms with Crippen LogP contribution < -0.4 is 11.3 Å². The van der Waals surface area contributed by atoms with E-state index in [4.69, 9.17) is 22.2 Å². The lowest BCUT2D eigenvalue weighted by Gasteiger charge is -2.41. The number of rotatable bonds is 3. The molecule has 0 radical (unpaired) electrons. The van der Waals surface area contributed by atoms with Gasteiger partial charge in [0.25, 0.3) is 0 Å². The predicted molar refractivity (Wildman–Crippen MR) is 86.1 cm³/mol. The van der Waals surface area contributed by atoms with Crippen LogP contribution in [0.5, 0.6) is 0 Å². The van der Waals surface area contributed by atoms with Crippen LogP contribution in [0.15, 0.2) is 18.2 Å². The summed E-state index contributed by atoms with van der Waals surface area (Å²) in [6, 6.07) is 6.31. The highest BCUT2D eigenvalue weighted by Crippen LogP contribution is 2.46. The van der Waals surface area contributed by atoms with Crippen molar-refractivity contribution in [2.24, 2.45) is 11.8 Å². The molecule has 2 aliphatic rings. The van der Waals surface area contributed by atoms with Crippen molar-refractivity contribution in [1.29, 1.82) is 0 Å². The van der Waals surface area contributed by atoms with E-state index >= 15 is 0 Å². The number of hydrogen-bond donors (Lipinski definition) is 2. The van der Waals surface area contributed by atoms with Gasteiger partial charge in [-0.3, -0.25) is 11.3 Å². The zero-order valence-corrected chi connectivity index (χ0v) is 13.5. The van der Waals surface area contributed by atoms with Crippen molar-refractivity contribution >= 4 is 11.6 Å². The molecule has 1 heterocycles. The van der Waals surface area contributed by atoms with E-state index in [-0.39, 0.29) is 11.6 Å². The Balaban J connectivity index is 1.84. The molecule has 1 saturated heterocycles. The quantitative estimate of drug-likeness (QED) is 0.658. The third-order valence-corrected chi connectivity index (χ3v) is 5.77. The van der Waals surface area contributed by atoms with Crippen molar-refractivity contribution in [2.75, 3.05) is 6.61 Å². The van der Waals surface area contributed by atoms with Crippen LogP contribution in [0, 0.1) is 12.8 Å². The van der Waals surface area contributed by atoms with Gasteiger partial charge in [-0.15, -0.1) is 0 Å². The Labute approximate surface area is 132 Å². The highest BCUT2D eigenvalue weighted by atomic mass is 35.5. The summed E-state index contributed by atoms with van der Waals surface area (Å²) in [5.41, 5.74) is 5.36. The lowest BCUT2D eigenvalue weighted by atomic mass is 9.78. The Hall–Kier alpha value is -0.610. The summed E-state index contributed by atoms with van der Waals surface area (Å²) in [6.07, 6.45) is 7.11. The summed E-state index contributed by atoms with van der Waals surface area (Å²) in [7, 11) is 0. The molecule has 1 spiro atoms. The maximum Gasteiger partial charge on any atom is 0.0686 e. The Bertz CT molecular complexity index is 500. The van der Waals surface area contributed by atoms with Crippen LogP contribution >= 0.6 is 11.6 Å². The second-order valence-electron chi connectivity index (χ2n) is 6.61. The molecule has 1 aromatic rings. The Morgan fingerprint density at radius 2 is 2.14 bits per heavy atom. The van der Waals surface area contributed by atoms with Crippen molar-refractivity contribution in [2.45, 2.75) is 57.1 Å². The van der Waals surface area contributed by atoms with E-state index in [1.54, 1.807) is 0 Å². The van der Waals surface area contributed by atoms with Gasteiger partial charge in [-0.05, 0) is 49.7 Å². The standard InChI is InChI=1S/C17H25ClN2O/c1-12-5-4-6-14(15(12)18)16(20-19)13-7-10-21-17(11-13)8-2-3-9-17/h4-6,13,16,20H,2-3,7-11,19H2,1H3. The molecule has 1 saturated carbocycles. The molecule has 3 rings (SSSR count). The second-order valence-corrected chi connectivity index (χ2v) is 6.99. The first-order valence-electron chi connectivity index (χ1n) is 8.00. The molecule has 1 aliphatic carbocycles. The molecule has 4 heteroatoms. The minimum Gasteiger partial charge on any atom is -0.375 e. The molecule has 2 unspecified atom stereocenters. The molecule has 3 N–H and O–H groups in total. The van der Waals surface area contributed by atoms with Gasteiger partial charge in [0.1, 0.15) is 0 Å². The first kappa shape index (κ1) is 15.3. The van der Waals surface area contributed by atoms with E-state index in [0.717, 1.165) is 35.6 Å². The maximum atomic E-state index is 6.51. The SMILES string of the molecule is Cc1cccc(C(NN)C2CCOC3(CCCC3)C2)c1Cl. The number of hydrazine groups is 1. The molecule has 0 amide bonds. The monoisotopic (exact) mass is 308 g/mol. The van der Waals surface area contributed by atoms with Gasteiger partial charge >= 0.3 is 0 Å². The maximum absolute atomic E-state index is 6.51. The van der Waals surface area contributed by atoms with E-state index in [9.17, 15) is 0 Å². The van der Waals surface area contributed by atoms with E-state index < -0.39 is 0 Å². The number of nitrogens with one attached hydrogen (secondary N) is 1. The first-order chi connectivity index (χ1) is 10.2. The van der Waals surface area contributed by atoms with Crippen molar-refractivity contribution in [1.82, 2.24) is 5.43 Å². The van der Waals surface area contributed by atoms with Crippen molar-refractivity contribution in [3.8, 4) is 0 Å². The molecule has 2 fully saturated rings. The third kappa shape index (κ3) is 2.98. The zero-order valence-electron chi connectivity index (χ0n) is 12.7. The zero-order chi connectivity index (χ0) is 14.9. The average molecular weight is 309 g/mol. The number of aryl methyl sites for hydroxylation is 1. The van der Waals surface area contributed by atoms with Crippen LogP contribution in [-0.2, 0) is 4.74 Å². The van der Waals surface area contributed by atoms with Crippen LogP contribution in [0.3, 0.4) is 0 Å². The summed E-state index contributed by atoms with van der Waals surface area (Å²) in [5, 5.41) is 0.840. The van der Waals surface area contributed by atoms with Gasteiger partial charge in [-0.1, -0.05) is 42.6 Å². The smallest absolute Gasteiger partial charge is 0.0686 e. The molecule has 1 aliphatic heterocycles. The molecule has 0 bridgehead atoms. The molecule has 2 atom stereocenters. The van der Waals surface area contributed by atoms with Gasteiger partial charge in [-0.2, -0.15) is 0 Å².